The number of aryl methyl sites for hydroxylation is 2. The van der Waals surface area contributed by atoms with Gasteiger partial charge in [0.25, 0.3) is 0 Å². The van der Waals surface area contributed by atoms with E-state index in [4.69, 9.17) is 21.1 Å². The van der Waals surface area contributed by atoms with Crippen LogP contribution in [0.3, 0.4) is 0 Å². The number of hydrogen-bond acceptors (Lipinski definition) is 6. The van der Waals surface area contributed by atoms with Crippen molar-refractivity contribution >= 4 is 17.4 Å². The Labute approximate surface area is 150 Å². The average molecular weight is 358 g/mol. The van der Waals surface area contributed by atoms with E-state index in [0.29, 0.717) is 41.9 Å². The molecule has 0 spiro atoms. The molecule has 0 unspecified atom stereocenters. The number of ether oxygens (including phenoxy) is 2. The molecular weight excluding hydrogens is 342 g/mol. The first-order valence-electron chi connectivity index (χ1n) is 7.84. The fourth-order valence-corrected chi connectivity index (χ4v) is 2.96. The molecule has 1 aromatic carbocycles. The number of carbonyl (C=O) groups is 1. The van der Waals surface area contributed by atoms with E-state index in [1.165, 1.54) is 6.07 Å². The number of Topliss-reactive ketones (excluding diaryl/α,β-unsaturated/α-hetero) is 1. The van der Waals surface area contributed by atoms with E-state index in [0.717, 1.165) is 6.42 Å². The second-order valence-electron chi connectivity index (χ2n) is 5.74. The van der Waals surface area contributed by atoms with Gasteiger partial charge >= 0.3 is 0 Å². The van der Waals surface area contributed by atoms with Gasteiger partial charge in [-0.25, -0.2) is 9.97 Å². The third kappa shape index (κ3) is 3.57. The highest BCUT2D eigenvalue weighted by Crippen LogP contribution is 2.39. The monoisotopic (exact) mass is 357 g/mol. The largest absolute Gasteiger partial charge is 0.489 e. The van der Waals surface area contributed by atoms with Crippen LogP contribution in [0.4, 0.5) is 0 Å². The standard InChI is InChI=1S/C18H16ClN3O3/c1-10-6-15(22-11(2)21-10)13(9-20)17(23)12-7-14(19)18-16(8-12)24-4-3-5-25-18/h6-8,13H,3-5H2,1-2H3/t13-/m1/s1. The molecule has 1 atom stereocenters. The highest BCUT2D eigenvalue weighted by Gasteiger charge is 2.26. The maximum atomic E-state index is 12.9. The van der Waals surface area contributed by atoms with E-state index in [2.05, 4.69) is 9.97 Å². The maximum absolute atomic E-state index is 12.9. The summed E-state index contributed by atoms with van der Waals surface area (Å²) in [5.74, 6) is -0.0726. The topological polar surface area (TPSA) is 85.1 Å². The number of nitriles is 1. The summed E-state index contributed by atoms with van der Waals surface area (Å²) in [6, 6.07) is 6.74. The van der Waals surface area contributed by atoms with E-state index in [1.807, 2.05) is 6.07 Å². The number of nitrogens with zero attached hydrogens (tertiary/aromatic N) is 3. The Hall–Kier alpha value is -2.65. The van der Waals surface area contributed by atoms with Gasteiger partial charge in [0.1, 0.15) is 5.82 Å². The van der Waals surface area contributed by atoms with E-state index in [1.54, 1.807) is 26.0 Å². The van der Waals surface area contributed by atoms with Gasteiger partial charge in [0.15, 0.2) is 23.2 Å². The maximum Gasteiger partial charge on any atom is 0.186 e. The van der Waals surface area contributed by atoms with Crippen LogP contribution < -0.4 is 9.47 Å². The third-order valence-electron chi connectivity index (χ3n) is 3.76. The molecule has 0 N–H and O–H groups in total. The van der Waals surface area contributed by atoms with Gasteiger partial charge in [0.2, 0.25) is 0 Å². The lowest BCUT2D eigenvalue weighted by molar-refractivity contribution is 0.0977. The molecule has 25 heavy (non-hydrogen) atoms. The zero-order valence-electron chi connectivity index (χ0n) is 13.9. The highest BCUT2D eigenvalue weighted by molar-refractivity contribution is 6.32. The molecule has 0 fully saturated rings. The second kappa shape index (κ2) is 7.08. The smallest absolute Gasteiger partial charge is 0.186 e. The van der Waals surface area contributed by atoms with Gasteiger partial charge in [-0.3, -0.25) is 4.79 Å². The lowest BCUT2D eigenvalue weighted by Gasteiger charge is -2.13. The molecule has 6 nitrogen and oxygen atoms in total. The van der Waals surface area contributed by atoms with Gasteiger partial charge in [-0.2, -0.15) is 5.26 Å². The zero-order chi connectivity index (χ0) is 18.0. The molecule has 0 saturated heterocycles. The molecule has 1 aliphatic heterocycles. The number of aromatic nitrogens is 2. The summed E-state index contributed by atoms with van der Waals surface area (Å²) in [5, 5.41) is 9.81. The summed E-state index contributed by atoms with van der Waals surface area (Å²) < 4.78 is 11.2. The summed E-state index contributed by atoms with van der Waals surface area (Å²) in [6.45, 7) is 4.49. The van der Waals surface area contributed by atoms with Crippen LogP contribution in [0.25, 0.3) is 0 Å². The summed E-state index contributed by atoms with van der Waals surface area (Å²) >= 11 is 6.24. The lowest BCUT2D eigenvalue weighted by atomic mass is 9.95. The minimum Gasteiger partial charge on any atom is -0.489 e. The lowest BCUT2D eigenvalue weighted by Crippen LogP contribution is -2.14. The van der Waals surface area contributed by atoms with Crippen LogP contribution in [0.1, 0.15) is 39.9 Å². The second-order valence-corrected chi connectivity index (χ2v) is 6.15. The number of halogens is 1. The van der Waals surface area contributed by atoms with Crippen molar-refractivity contribution in [2.24, 2.45) is 0 Å². The fraction of sp³-hybridized carbons (Fsp3) is 0.333. The minimum atomic E-state index is -1.04. The Kier molecular flexibility index (Phi) is 4.86. The average Bonchev–Trinajstić information content (AvgIpc) is 2.80. The molecule has 0 bridgehead atoms. The van der Waals surface area contributed by atoms with Crippen molar-refractivity contribution in [2.45, 2.75) is 26.2 Å². The number of benzene rings is 1. The molecular formula is C18H16ClN3O3. The van der Waals surface area contributed by atoms with Crippen LogP contribution in [0.2, 0.25) is 5.02 Å². The first-order valence-corrected chi connectivity index (χ1v) is 8.22. The molecule has 3 rings (SSSR count). The van der Waals surface area contributed by atoms with Crippen LogP contribution >= 0.6 is 11.6 Å². The number of hydrogen-bond donors (Lipinski definition) is 0. The van der Waals surface area contributed by atoms with Gasteiger partial charge in [0, 0.05) is 17.7 Å². The molecule has 1 aromatic heterocycles. The predicted molar refractivity (Wildman–Crippen MR) is 91.2 cm³/mol. The first-order chi connectivity index (χ1) is 12.0. The molecule has 1 aliphatic rings. The van der Waals surface area contributed by atoms with Crippen molar-refractivity contribution in [3.05, 3.63) is 46.0 Å². The van der Waals surface area contributed by atoms with Crippen molar-refractivity contribution in [1.29, 1.82) is 5.26 Å². The summed E-state index contributed by atoms with van der Waals surface area (Å²) in [4.78, 5) is 21.3. The van der Waals surface area contributed by atoms with Crippen LogP contribution in [-0.2, 0) is 0 Å². The molecule has 0 aliphatic carbocycles. The zero-order valence-corrected chi connectivity index (χ0v) is 14.6. The van der Waals surface area contributed by atoms with E-state index in [-0.39, 0.29) is 10.6 Å². The van der Waals surface area contributed by atoms with Crippen LogP contribution in [0.5, 0.6) is 11.5 Å². The van der Waals surface area contributed by atoms with Gasteiger partial charge in [-0.15, -0.1) is 0 Å². The number of fused-ring (bicyclic) bond motifs is 1. The SMILES string of the molecule is Cc1cc([C@@H](C#N)C(=O)c2cc(Cl)c3c(c2)OCCCO3)nc(C)n1. The highest BCUT2D eigenvalue weighted by atomic mass is 35.5. The normalized spacial score (nSPS) is 14.3. The van der Waals surface area contributed by atoms with E-state index >= 15 is 0 Å². The summed E-state index contributed by atoms with van der Waals surface area (Å²) in [6.07, 6.45) is 0.731. The number of carbonyl (C=O) groups excluding carboxylic acids is 1. The Morgan fingerprint density at radius 3 is 2.72 bits per heavy atom. The van der Waals surface area contributed by atoms with Crippen LogP contribution in [0.15, 0.2) is 18.2 Å². The minimum absolute atomic E-state index is 0.287. The van der Waals surface area contributed by atoms with Gasteiger partial charge in [-0.05, 0) is 32.0 Å². The number of rotatable bonds is 3. The van der Waals surface area contributed by atoms with Crippen LogP contribution in [0, 0.1) is 25.2 Å². The van der Waals surface area contributed by atoms with Crippen molar-refractivity contribution in [2.75, 3.05) is 13.2 Å². The third-order valence-corrected chi connectivity index (χ3v) is 4.04. The molecule has 7 heteroatoms. The molecule has 2 aromatic rings. The first kappa shape index (κ1) is 17.2. The molecule has 128 valence electrons. The van der Waals surface area contributed by atoms with Crippen molar-refractivity contribution in [3.63, 3.8) is 0 Å². The Morgan fingerprint density at radius 2 is 2.00 bits per heavy atom. The van der Waals surface area contributed by atoms with Gasteiger partial charge < -0.3 is 9.47 Å². The van der Waals surface area contributed by atoms with Crippen LogP contribution in [-0.4, -0.2) is 29.0 Å². The summed E-state index contributed by atoms with van der Waals surface area (Å²) in [7, 11) is 0. The van der Waals surface area contributed by atoms with Gasteiger partial charge in [0.05, 0.1) is 30.0 Å². The summed E-state index contributed by atoms with van der Waals surface area (Å²) in [5.41, 5.74) is 1.36. The van der Waals surface area contributed by atoms with Crippen molar-refractivity contribution < 1.29 is 14.3 Å². The predicted octanol–water partition coefficient (Wildman–Crippen LogP) is 3.40. The Balaban J connectivity index is 2.00. The van der Waals surface area contributed by atoms with E-state index < -0.39 is 11.7 Å². The fourth-order valence-electron chi connectivity index (χ4n) is 2.69. The molecule has 2 heterocycles. The van der Waals surface area contributed by atoms with Gasteiger partial charge in [-0.1, -0.05) is 11.6 Å². The Morgan fingerprint density at radius 1 is 1.24 bits per heavy atom. The quantitative estimate of drug-likeness (QED) is 0.782. The molecule has 0 radical (unpaired) electrons. The molecule has 0 saturated carbocycles. The Bertz CT molecular complexity index is 856. The number of ketones is 1. The van der Waals surface area contributed by atoms with Crippen molar-refractivity contribution in [3.8, 4) is 17.6 Å². The van der Waals surface area contributed by atoms with Crippen molar-refractivity contribution in [1.82, 2.24) is 9.97 Å². The molecule has 0 amide bonds. The van der Waals surface area contributed by atoms with E-state index in [9.17, 15) is 10.1 Å².